The van der Waals surface area contributed by atoms with E-state index >= 15 is 0 Å². The second kappa shape index (κ2) is 13.7. The number of carboxylic acid groups (broad SMARTS) is 1. The summed E-state index contributed by atoms with van der Waals surface area (Å²) in [4.78, 5) is 22.0. The fourth-order valence-electron chi connectivity index (χ4n) is 3.52. The lowest BCUT2D eigenvalue weighted by atomic mass is 10.00. The Balaban J connectivity index is 0.000000782. The molecular weight excluding hydrogens is 582 g/mol. The number of aliphatic carboxylic acids is 1. The van der Waals surface area contributed by atoms with Crippen LogP contribution in [0.15, 0.2) is 66.7 Å². The minimum Gasteiger partial charge on any atom is -0.475 e. The smallest absolute Gasteiger partial charge is 0.475 e. The average molecular weight is 608 g/mol. The van der Waals surface area contributed by atoms with Crippen LogP contribution in [0, 0.1) is 22.6 Å². The molecule has 5 N–H and O–H groups in total. The first-order valence-corrected chi connectivity index (χ1v) is 13.6. The summed E-state index contributed by atoms with van der Waals surface area (Å²) in [6.45, 7) is 0. The molecule has 0 aromatic heterocycles. The number of amides is 1. The van der Waals surface area contributed by atoms with Crippen LogP contribution in [0.2, 0.25) is 0 Å². The molecule has 0 heterocycles. The normalized spacial score (nSPS) is 12.0. The highest BCUT2D eigenvalue weighted by Gasteiger charge is 2.38. The van der Waals surface area contributed by atoms with Gasteiger partial charge in [0.2, 0.25) is 15.9 Å². The second-order valence-electron chi connectivity index (χ2n) is 8.78. The zero-order valence-corrected chi connectivity index (χ0v) is 22.9. The van der Waals surface area contributed by atoms with Crippen molar-refractivity contribution >= 4 is 33.4 Å². The second-order valence-corrected chi connectivity index (χ2v) is 10.8. The maximum atomic E-state index is 13.7. The minimum atomic E-state index is -5.08. The highest BCUT2D eigenvalue weighted by atomic mass is 32.2. The number of nitrogens with two attached hydrogens (primary N) is 1. The fraction of sp³-hybridized carbons (Fsp3) is 0.185. The standard InChI is InChI=1S/C25H24FN5O3S.C2HF3O2/c1-31(35(2,33)34)23(13-16-4-3-5-18(12-16)24(28)29)25(32)30-21-10-7-17(8-11-21)22-14-20(26)9-6-19(22)15-27;3-2(4,5)1(6)7/h3-12,14,23H,13H2,1-2H3,(H3,28,29)(H,30,32);(H,6,7)/t23-;/m0./s1. The number of carbonyl (C=O) groups is 2. The third-order valence-corrected chi connectivity index (χ3v) is 7.04. The Kier molecular flexibility index (Phi) is 10.9. The Labute approximate surface area is 238 Å². The van der Waals surface area contributed by atoms with Gasteiger partial charge in [0.15, 0.2) is 0 Å². The molecule has 10 nitrogen and oxygen atoms in total. The number of halogens is 4. The first-order chi connectivity index (χ1) is 19.4. The number of likely N-dealkylation sites (N-methyl/N-ethyl adjacent to an activating group) is 1. The largest absolute Gasteiger partial charge is 0.490 e. The van der Waals surface area contributed by atoms with E-state index in [1.54, 1.807) is 48.5 Å². The SMILES string of the molecule is CN([C@@H](Cc1cccc(C(=N)N)c1)C(=O)Nc1ccc(-c2cc(F)ccc2C#N)cc1)S(C)(=O)=O.O=C(O)C(F)(F)F. The van der Waals surface area contributed by atoms with Gasteiger partial charge in [0.25, 0.3) is 0 Å². The molecule has 15 heteroatoms. The van der Waals surface area contributed by atoms with E-state index in [0.717, 1.165) is 10.6 Å². The number of rotatable bonds is 8. The molecule has 1 amide bonds. The van der Waals surface area contributed by atoms with Crippen molar-refractivity contribution in [3.63, 3.8) is 0 Å². The van der Waals surface area contributed by atoms with Crippen molar-refractivity contribution < 1.29 is 40.7 Å². The molecule has 0 aliphatic rings. The van der Waals surface area contributed by atoms with Crippen molar-refractivity contribution in [1.29, 1.82) is 10.7 Å². The molecule has 0 saturated heterocycles. The van der Waals surface area contributed by atoms with Crippen LogP contribution in [0.1, 0.15) is 16.7 Å². The molecule has 0 fully saturated rings. The zero-order valence-electron chi connectivity index (χ0n) is 22.1. The third kappa shape index (κ3) is 9.39. The summed E-state index contributed by atoms with van der Waals surface area (Å²) in [5.74, 6) is -3.92. The van der Waals surface area contributed by atoms with Crippen LogP contribution in [0.3, 0.4) is 0 Å². The molecule has 0 unspecified atom stereocenters. The average Bonchev–Trinajstić information content (AvgIpc) is 2.91. The molecule has 0 spiro atoms. The van der Waals surface area contributed by atoms with Gasteiger partial charge in [-0.25, -0.2) is 17.6 Å². The zero-order chi connectivity index (χ0) is 31.8. The van der Waals surface area contributed by atoms with E-state index in [4.69, 9.17) is 21.0 Å². The molecule has 42 heavy (non-hydrogen) atoms. The minimum absolute atomic E-state index is 0.0590. The topological polar surface area (TPSA) is 177 Å². The summed E-state index contributed by atoms with van der Waals surface area (Å²) in [7, 11) is -2.38. The number of nitrogen functional groups attached to an aromatic ring is 1. The number of hydrogen-bond donors (Lipinski definition) is 4. The molecule has 3 aromatic rings. The van der Waals surface area contributed by atoms with E-state index < -0.39 is 39.9 Å². The molecular formula is C27H25F4N5O5S. The Morgan fingerprint density at radius 1 is 1.12 bits per heavy atom. The number of nitrogens with zero attached hydrogens (tertiary/aromatic N) is 2. The number of carboxylic acids is 1. The molecule has 222 valence electrons. The number of benzene rings is 3. The van der Waals surface area contributed by atoms with E-state index in [2.05, 4.69) is 5.32 Å². The lowest BCUT2D eigenvalue weighted by Gasteiger charge is -2.25. The van der Waals surface area contributed by atoms with Crippen molar-refractivity contribution in [3.05, 3.63) is 89.2 Å². The number of nitrogens with one attached hydrogen (secondary N) is 2. The van der Waals surface area contributed by atoms with Gasteiger partial charge in [0, 0.05) is 23.9 Å². The summed E-state index contributed by atoms with van der Waals surface area (Å²) < 4.78 is 70.9. The Morgan fingerprint density at radius 2 is 1.71 bits per heavy atom. The van der Waals surface area contributed by atoms with Crippen LogP contribution in [-0.2, 0) is 26.0 Å². The molecule has 0 radical (unpaired) electrons. The molecule has 3 rings (SSSR count). The van der Waals surface area contributed by atoms with Crippen LogP contribution in [0.25, 0.3) is 11.1 Å². The monoisotopic (exact) mass is 607 g/mol. The maximum absolute atomic E-state index is 13.7. The van der Waals surface area contributed by atoms with E-state index in [9.17, 15) is 36.0 Å². The van der Waals surface area contributed by atoms with E-state index in [-0.39, 0.29) is 12.3 Å². The Hall–Kier alpha value is -4.81. The Morgan fingerprint density at radius 3 is 2.21 bits per heavy atom. The number of sulfonamides is 1. The van der Waals surface area contributed by atoms with Crippen LogP contribution >= 0.6 is 0 Å². The quantitative estimate of drug-likeness (QED) is 0.171. The number of carbonyl (C=O) groups excluding carboxylic acids is 1. The Bertz CT molecular complexity index is 1620. The third-order valence-electron chi connectivity index (χ3n) is 5.74. The molecule has 0 aliphatic heterocycles. The summed E-state index contributed by atoms with van der Waals surface area (Å²) in [5.41, 5.74) is 8.37. The van der Waals surface area contributed by atoms with Crippen LogP contribution in [0.5, 0.6) is 0 Å². The maximum Gasteiger partial charge on any atom is 0.490 e. The predicted octanol–water partition coefficient (Wildman–Crippen LogP) is 3.72. The summed E-state index contributed by atoms with van der Waals surface area (Å²) in [6.07, 6.45) is -4.01. The number of alkyl halides is 3. The van der Waals surface area contributed by atoms with Gasteiger partial charge in [0.1, 0.15) is 17.7 Å². The van der Waals surface area contributed by atoms with Crippen LogP contribution < -0.4 is 11.1 Å². The first-order valence-electron chi connectivity index (χ1n) is 11.7. The lowest BCUT2D eigenvalue weighted by Crippen LogP contribution is -2.46. The lowest BCUT2D eigenvalue weighted by molar-refractivity contribution is -0.192. The van der Waals surface area contributed by atoms with Gasteiger partial charge >= 0.3 is 12.1 Å². The number of anilines is 1. The van der Waals surface area contributed by atoms with E-state index in [0.29, 0.717) is 33.5 Å². The van der Waals surface area contributed by atoms with Gasteiger partial charge < -0.3 is 16.2 Å². The molecule has 0 bridgehead atoms. The number of nitriles is 1. The van der Waals surface area contributed by atoms with Gasteiger partial charge in [-0.15, -0.1) is 0 Å². The van der Waals surface area contributed by atoms with Gasteiger partial charge in [-0.1, -0.05) is 30.3 Å². The highest BCUT2D eigenvalue weighted by Crippen LogP contribution is 2.26. The first kappa shape index (κ1) is 33.4. The van der Waals surface area contributed by atoms with Crippen molar-refractivity contribution in [2.45, 2.75) is 18.6 Å². The van der Waals surface area contributed by atoms with Gasteiger partial charge in [0.05, 0.1) is 17.9 Å². The molecule has 3 aromatic carbocycles. The van der Waals surface area contributed by atoms with Crippen LogP contribution in [0.4, 0.5) is 23.2 Å². The van der Waals surface area contributed by atoms with Crippen molar-refractivity contribution in [2.24, 2.45) is 5.73 Å². The van der Waals surface area contributed by atoms with Crippen LogP contribution in [-0.4, -0.2) is 61.1 Å². The molecule has 0 saturated carbocycles. The van der Waals surface area contributed by atoms with Gasteiger partial charge in [-0.2, -0.15) is 22.7 Å². The van der Waals surface area contributed by atoms with Gasteiger partial charge in [-0.05, 0) is 53.9 Å². The number of hydrogen-bond acceptors (Lipinski definition) is 6. The van der Waals surface area contributed by atoms with Crippen molar-refractivity contribution in [2.75, 3.05) is 18.6 Å². The molecule has 0 aliphatic carbocycles. The van der Waals surface area contributed by atoms with Crippen molar-refractivity contribution in [3.8, 4) is 17.2 Å². The number of amidine groups is 1. The summed E-state index contributed by atoms with van der Waals surface area (Å²) >= 11 is 0. The van der Waals surface area contributed by atoms with Crippen molar-refractivity contribution in [1.82, 2.24) is 4.31 Å². The highest BCUT2D eigenvalue weighted by molar-refractivity contribution is 7.88. The fourth-order valence-corrected chi connectivity index (χ4v) is 4.15. The van der Waals surface area contributed by atoms with E-state index in [1.807, 2.05) is 6.07 Å². The van der Waals surface area contributed by atoms with Gasteiger partial charge in [-0.3, -0.25) is 10.2 Å². The van der Waals surface area contributed by atoms with E-state index in [1.165, 1.54) is 25.2 Å². The predicted molar refractivity (Wildman–Crippen MR) is 146 cm³/mol. The molecule has 1 atom stereocenters. The summed E-state index contributed by atoms with van der Waals surface area (Å²) in [6, 6.07) is 18.0. The summed E-state index contributed by atoms with van der Waals surface area (Å²) in [5, 5.41) is 26.7.